The molecule has 3 rings (SSSR count). The molecular formula is C17H21NO2. The minimum atomic E-state index is -0.242. The van der Waals surface area contributed by atoms with Crippen molar-refractivity contribution in [3.05, 3.63) is 35.0 Å². The number of hydrogen-bond donors (Lipinski definition) is 0. The Labute approximate surface area is 119 Å². The van der Waals surface area contributed by atoms with Gasteiger partial charge < -0.3 is 9.30 Å². The Kier molecular flexibility index (Phi) is 3.28. The van der Waals surface area contributed by atoms with E-state index in [-0.39, 0.29) is 5.97 Å². The summed E-state index contributed by atoms with van der Waals surface area (Å²) in [5.41, 5.74) is 4.60. The minimum absolute atomic E-state index is 0.242. The van der Waals surface area contributed by atoms with Gasteiger partial charge in [0, 0.05) is 17.6 Å². The van der Waals surface area contributed by atoms with Gasteiger partial charge in [-0.3, -0.25) is 0 Å². The van der Waals surface area contributed by atoms with Gasteiger partial charge in [-0.1, -0.05) is 19.1 Å². The summed E-state index contributed by atoms with van der Waals surface area (Å²) in [6, 6.07) is 5.98. The highest BCUT2D eigenvalue weighted by molar-refractivity contribution is 6.04. The molecule has 0 bridgehead atoms. The standard InChI is InChI=1S/C17H21NO2/c1-4-18-15-9-8-11(2)10-14(15)12-6-5-7-13(16(12)18)17(19)20-3/h5-7,11H,4,8-10H2,1-3H3. The third kappa shape index (κ3) is 1.84. The second-order valence-electron chi connectivity index (χ2n) is 5.71. The van der Waals surface area contributed by atoms with Crippen molar-refractivity contribution in [2.75, 3.05) is 7.11 Å². The SMILES string of the molecule is CCn1c2c(c3cccc(C(=O)OC)c31)CC(C)CC2. The molecule has 0 aliphatic heterocycles. The Hall–Kier alpha value is -1.77. The van der Waals surface area contributed by atoms with Crippen LogP contribution in [0.25, 0.3) is 10.9 Å². The van der Waals surface area contributed by atoms with Crippen LogP contribution in [-0.4, -0.2) is 17.6 Å². The number of benzene rings is 1. The van der Waals surface area contributed by atoms with Gasteiger partial charge in [0.1, 0.15) is 0 Å². The molecule has 106 valence electrons. The van der Waals surface area contributed by atoms with E-state index in [1.54, 1.807) is 0 Å². The van der Waals surface area contributed by atoms with Crippen molar-refractivity contribution in [3.63, 3.8) is 0 Å². The van der Waals surface area contributed by atoms with Crippen LogP contribution in [0.15, 0.2) is 18.2 Å². The third-order valence-corrected chi connectivity index (χ3v) is 4.45. The number of rotatable bonds is 2. The topological polar surface area (TPSA) is 31.2 Å². The quantitative estimate of drug-likeness (QED) is 0.782. The lowest BCUT2D eigenvalue weighted by molar-refractivity contribution is 0.0602. The minimum Gasteiger partial charge on any atom is -0.465 e. The molecule has 0 N–H and O–H groups in total. The first kappa shape index (κ1) is 13.2. The first-order valence-electron chi connectivity index (χ1n) is 7.38. The van der Waals surface area contributed by atoms with E-state index < -0.39 is 0 Å². The fourth-order valence-corrected chi connectivity index (χ4v) is 3.50. The van der Waals surface area contributed by atoms with Crippen LogP contribution in [0, 0.1) is 5.92 Å². The highest BCUT2D eigenvalue weighted by Crippen LogP contribution is 2.35. The Bertz CT molecular complexity index is 669. The van der Waals surface area contributed by atoms with Crippen LogP contribution < -0.4 is 0 Å². The van der Waals surface area contributed by atoms with Crippen LogP contribution in [0.2, 0.25) is 0 Å². The van der Waals surface area contributed by atoms with E-state index in [0.717, 1.165) is 30.8 Å². The number of methoxy groups -OCH3 is 1. The van der Waals surface area contributed by atoms with Gasteiger partial charge in [0.15, 0.2) is 0 Å². The largest absolute Gasteiger partial charge is 0.465 e. The molecule has 20 heavy (non-hydrogen) atoms. The van der Waals surface area contributed by atoms with Gasteiger partial charge in [-0.25, -0.2) is 4.79 Å². The summed E-state index contributed by atoms with van der Waals surface area (Å²) >= 11 is 0. The molecule has 1 aliphatic rings. The number of carbonyl (C=O) groups is 1. The smallest absolute Gasteiger partial charge is 0.340 e. The van der Waals surface area contributed by atoms with Gasteiger partial charge >= 0.3 is 5.97 Å². The number of hydrogen-bond acceptors (Lipinski definition) is 2. The van der Waals surface area contributed by atoms with Crippen LogP contribution in [0.4, 0.5) is 0 Å². The van der Waals surface area contributed by atoms with Gasteiger partial charge in [-0.05, 0) is 43.7 Å². The van der Waals surface area contributed by atoms with E-state index in [1.807, 2.05) is 12.1 Å². The van der Waals surface area contributed by atoms with Crippen LogP contribution >= 0.6 is 0 Å². The summed E-state index contributed by atoms with van der Waals surface area (Å²) in [5, 5.41) is 1.23. The molecule has 1 aromatic heterocycles. The third-order valence-electron chi connectivity index (χ3n) is 4.45. The van der Waals surface area contributed by atoms with E-state index in [1.165, 1.54) is 30.2 Å². The summed E-state index contributed by atoms with van der Waals surface area (Å²) in [5.74, 6) is 0.480. The zero-order chi connectivity index (χ0) is 14.3. The van der Waals surface area contributed by atoms with Crippen molar-refractivity contribution in [2.45, 2.75) is 39.7 Å². The lowest BCUT2D eigenvalue weighted by Gasteiger charge is -2.20. The first-order valence-corrected chi connectivity index (χ1v) is 7.38. The molecule has 1 heterocycles. The van der Waals surface area contributed by atoms with E-state index >= 15 is 0 Å². The number of aryl methyl sites for hydroxylation is 1. The highest BCUT2D eigenvalue weighted by Gasteiger charge is 2.25. The summed E-state index contributed by atoms with van der Waals surface area (Å²) in [6.07, 6.45) is 3.46. The number of aromatic nitrogens is 1. The fraction of sp³-hybridized carbons (Fsp3) is 0.471. The van der Waals surface area contributed by atoms with E-state index in [0.29, 0.717) is 5.56 Å². The zero-order valence-electron chi connectivity index (χ0n) is 12.4. The first-order chi connectivity index (χ1) is 9.67. The molecule has 0 radical (unpaired) electrons. The lowest BCUT2D eigenvalue weighted by Crippen LogP contribution is -2.13. The Balaban J connectivity index is 2.33. The number of esters is 1. The molecule has 3 heteroatoms. The molecule has 1 atom stereocenters. The van der Waals surface area contributed by atoms with Crippen molar-refractivity contribution < 1.29 is 9.53 Å². The van der Waals surface area contributed by atoms with Crippen molar-refractivity contribution >= 4 is 16.9 Å². The van der Waals surface area contributed by atoms with Crippen molar-refractivity contribution in [1.82, 2.24) is 4.57 Å². The van der Waals surface area contributed by atoms with Gasteiger partial charge in [0.2, 0.25) is 0 Å². The fourth-order valence-electron chi connectivity index (χ4n) is 3.50. The highest BCUT2D eigenvalue weighted by atomic mass is 16.5. The molecule has 0 spiro atoms. The Morgan fingerprint density at radius 3 is 2.95 bits per heavy atom. The molecule has 0 saturated heterocycles. The van der Waals surface area contributed by atoms with E-state index in [4.69, 9.17) is 4.74 Å². The summed E-state index contributed by atoms with van der Waals surface area (Å²) in [4.78, 5) is 12.0. The molecule has 0 amide bonds. The van der Waals surface area contributed by atoms with Crippen LogP contribution in [0.3, 0.4) is 0 Å². The molecule has 0 fully saturated rings. The predicted molar refractivity (Wildman–Crippen MR) is 80.1 cm³/mol. The van der Waals surface area contributed by atoms with Crippen molar-refractivity contribution in [1.29, 1.82) is 0 Å². The Morgan fingerprint density at radius 2 is 2.25 bits per heavy atom. The molecule has 1 aromatic carbocycles. The zero-order valence-corrected chi connectivity index (χ0v) is 12.4. The van der Waals surface area contributed by atoms with Gasteiger partial charge in [0.05, 0.1) is 18.2 Å². The predicted octanol–water partition coefficient (Wildman–Crippen LogP) is 3.57. The Morgan fingerprint density at radius 1 is 1.45 bits per heavy atom. The second kappa shape index (κ2) is 4.97. The van der Waals surface area contributed by atoms with Gasteiger partial charge in [0.25, 0.3) is 0 Å². The normalized spacial score (nSPS) is 18.1. The van der Waals surface area contributed by atoms with Crippen LogP contribution in [0.5, 0.6) is 0 Å². The van der Waals surface area contributed by atoms with Gasteiger partial charge in [-0.2, -0.15) is 0 Å². The number of fused-ring (bicyclic) bond motifs is 3. The molecule has 0 saturated carbocycles. The number of para-hydroxylation sites is 1. The maximum Gasteiger partial charge on any atom is 0.340 e. The second-order valence-corrected chi connectivity index (χ2v) is 5.71. The van der Waals surface area contributed by atoms with Crippen LogP contribution in [-0.2, 0) is 24.1 Å². The number of ether oxygens (including phenoxy) is 1. The average molecular weight is 271 g/mol. The molecule has 1 unspecified atom stereocenters. The summed E-state index contributed by atoms with van der Waals surface area (Å²) in [6.45, 7) is 5.35. The average Bonchev–Trinajstić information content (AvgIpc) is 2.79. The van der Waals surface area contributed by atoms with Crippen LogP contribution in [0.1, 0.15) is 41.9 Å². The van der Waals surface area contributed by atoms with Gasteiger partial charge in [-0.15, -0.1) is 0 Å². The number of nitrogens with zero attached hydrogens (tertiary/aromatic N) is 1. The lowest BCUT2D eigenvalue weighted by atomic mass is 9.87. The summed E-state index contributed by atoms with van der Waals surface area (Å²) < 4.78 is 7.25. The molecular weight excluding hydrogens is 250 g/mol. The van der Waals surface area contributed by atoms with E-state index in [9.17, 15) is 4.79 Å². The molecule has 3 nitrogen and oxygen atoms in total. The van der Waals surface area contributed by atoms with E-state index in [2.05, 4.69) is 24.5 Å². The summed E-state index contributed by atoms with van der Waals surface area (Å²) in [7, 11) is 1.45. The maximum absolute atomic E-state index is 12.0. The maximum atomic E-state index is 12.0. The molecule has 2 aromatic rings. The molecule has 1 aliphatic carbocycles. The van der Waals surface area contributed by atoms with Crippen molar-refractivity contribution in [3.8, 4) is 0 Å². The monoisotopic (exact) mass is 271 g/mol. The van der Waals surface area contributed by atoms with Crippen molar-refractivity contribution in [2.24, 2.45) is 5.92 Å². The number of carbonyl (C=O) groups excluding carboxylic acids is 1.